The van der Waals surface area contributed by atoms with Gasteiger partial charge in [0.2, 0.25) is 0 Å². The molecule has 1 rings (SSSR count). The number of nitrogens with zero attached hydrogens (tertiary/aromatic N) is 1. The number of carboxylic acids is 1. The van der Waals surface area contributed by atoms with Crippen LogP contribution in [0.25, 0.3) is 0 Å². The van der Waals surface area contributed by atoms with E-state index in [9.17, 15) is 14.4 Å². The highest BCUT2D eigenvalue weighted by molar-refractivity contribution is 5.96. The van der Waals surface area contributed by atoms with Crippen molar-refractivity contribution in [2.24, 2.45) is 5.92 Å². The van der Waals surface area contributed by atoms with Crippen molar-refractivity contribution in [3.8, 4) is 0 Å². The molecule has 7 heteroatoms. The smallest absolute Gasteiger partial charge is 0.326 e. The fourth-order valence-corrected chi connectivity index (χ4v) is 1.69. The van der Waals surface area contributed by atoms with Crippen LogP contribution in [-0.2, 0) is 14.3 Å². The molecule has 0 saturated heterocycles. The zero-order chi connectivity index (χ0) is 15.8. The Hall–Kier alpha value is -2.44. The lowest BCUT2D eigenvalue weighted by Crippen LogP contribution is -2.42. The predicted molar refractivity (Wildman–Crippen MR) is 73.5 cm³/mol. The fraction of sp³-hybridized carbons (Fsp3) is 0.429. The number of amides is 1. The molecule has 7 nitrogen and oxygen atoms in total. The van der Waals surface area contributed by atoms with Crippen LogP contribution in [0, 0.1) is 5.92 Å². The molecule has 1 aromatic rings. The van der Waals surface area contributed by atoms with Crippen LogP contribution < -0.4 is 5.32 Å². The molecule has 0 radical (unpaired) electrons. The van der Waals surface area contributed by atoms with E-state index < -0.39 is 29.8 Å². The number of carboxylic acid groups (broad SMARTS) is 1. The number of hydrogen-bond acceptors (Lipinski definition) is 5. The number of esters is 1. The summed E-state index contributed by atoms with van der Waals surface area (Å²) in [5.41, 5.74) is 0.257. The Balaban J connectivity index is 2.68. The van der Waals surface area contributed by atoms with Crippen LogP contribution >= 0.6 is 0 Å². The first-order valence-corrected chi connectivity index (χ1v) is 6.56. The average Bonchev–Trinajstić information content (AvgIpc) is 2.47. The van der Waals surface area contributed by atoms with Gasteiger partial charge in [-0.1, -0.05) is 6.92 Å². The van der Waals surface area contributed by atoms with Gasteiger partial charge in [-0.05, 0) is 25.5 Å². The van der Waals surface area contributed by atoms with Crippen molar-refractivity contribution in [3.63, 3.8) is 0 Å². The van der Waals surface area contributed by atoms with Gasteiger partial charge < -0.3 is 15.2 Å². The number of hydrogen-bond donors (Lipinski definition) is 2. The van der Waals surface area contributed by atoms with Gasteiger partial charge in [-0.15, -0.1) is 0 Å². The largest absolute Gasteiger partial charge is 0.480 e. The van der Waals surface area contributed by atoms with Crippen molar-refractivity contribution >= 4 is 17.8 Å². The maximum absolute atomic E-state index is 11.9. The van der Waals surface area contributed by atoms with Crippen molar-refractivity contribution in [2.45, 2.75) is 26.3 Å². The van der Waals surface area contributed by atoms with E-state index in [1.807, 2.05) is 0 Å². The summed E-state index contributed by atoms with van der Waals surface area (Å²) >= 11 is 0. The molecule has 2 N–H and O–H groups in total. The molecule has 0 aliphatic carbocycles. The van der Waals surface area contributed by atoms with E-state index in [1.165, 1.54) is 18.5 Å². The number of carbonyl (C=O) groups is 3. The van der Waals surface area contributed by atoms with Gasteiger partial charge >= 0.3 is 11.9 Å². The van der Waals surface area contributed by atoms with Crippen molar-refractivity contribution in [2.75, 3.05) is 6.61 Å². The first kappa shape index (κ1) is 16.6. The standard InChI is InChI=1S/C14H18N2O5/c1-3-21-14(20)9(2)7-11(13(18)19)16-12(17)10-5-4-6-15-8-10/h4-6,8-9,11H,3,7H2,1-2H3,(H,16,17)(H,18,19)/t9-,11-/m0/s1. The van der Waals surface area contributed by atoms with Gasteiger partial charge in [0.15, 0.2) is 0 Å². The summed E-state index contributed by atoms with van der Waals surface area (Å²) in [4.78, 5) is 38.4. The van der Waals surface area contributed by atoms with Crippen LogP contribution in [0.15, 0.2) is 24.5 Å². The van der Waals surface area contributed by atoms with E-state index >= 15 is 0 Å². The fourth-order valence-electron chi connectivity index (χ4n) is 1.69. The molecule has 1 aromatic heterocycles. The Morgan fingerprint density at radius 2 is 2.14 bits per heavy atom. The van der Waals surface area contributed by atoms with Crippen molar-refractivity contribution in [3.05, 3.63) is 30.1 Å². The molecule has 21 heavy (non-hydrogen) atoms. The molecule has 0 aliphatic heterocycles. The Kier molecular flexibility index (Phi) is 6.32. The lowest BCUT2D eigenvalue weighted by molar-refractivity contribution is -0.148. The average molecular weight is 294 g/mol. The van der Waals surface area contributed by atoms with E-state index in [2.05, 4.69) is 10.3 Å². The second-order valence-electron chi connectivity index (χ2n) is 4.49. The first-order chi connectivity index (χ1) is 9.95. The second-order valence-corrected chi connectivity index (χ2v) is 4.49. The minimum absolute atomic E-state index is 0.0415. The molecule has 2 atom stereocenters. The molecule has 0 bridgehead atoms. The van der Waals surface area contributed by atoms with E-state index in [0.717, 1.165) is 0 Å². The highest BCUT2D eigenvalue weighted by Gasteiger charge is 2.26. The zero-order valence-corrected chi connectivity index (χ0v) is 11.9. The van der Waals surface area contributed by atoms with Crippen LogP contribution in [0.3, 0.4) is 0 Å². The Morgan fingerprint density at radius 1 is 1.43 bits per heavy atom. The van der Waals surface area contributed by atoms with Gasteiger partial charge in [-0.25, -0.2) is 4.79 Å². The highest BCUT2D eigenvalue weighted by atomic mass is 16.5. The minimum atomic E-state index is -1.21. The number of rotatable bonds is 7. The van der Waals surface area contributed by atoms with Crippen molar-refractivity contribution in [1.82, 2.24) is 10.3 Å². The van der Waals surface area contributed by atoms with E-state index in [-0.39, 0.29) is 18.6 Å². The molecule has 114 valence electrons. The molecule has 0 fully saturated rings. The van der Waals surface area contributed by atoms with Gasteiger partial charge in [-0.2, -0.15) is 0 Å². The number of pyridine rings is 1. The third-order valence-corrected chi connectivity index (χ3v) is 2.81. The lowest BCUT2D eigenvalue weighted by atomic mass is 10.0. The number of nitrogens with one attached hydrogen (secondary N) is 1. The lowest BCUT2D eigenvalue weighted by Gasteiger charge is -2.18. The summed E-state index contributed by atoms with van der Waals surface area (Å²) in [6.07, 6.45) is 2.80. The Bertz CT molecular complexity index is 503. The van der Waals surface area contributed by atoms with Crippen LogP contribution in [0.2, 0.25) is 0 Å². The van der Waals surface area contributed by atoms with E-state index in [1.54, 1.807) is 19.9 Å². The summed E-state index contributed by atoms with van der Waals surface area (Å²) < 4.78 is 4.82. The second kappa shape index (κ2) is 7.98. The third-order valence-electron chi connectivity index (χ3n) is 2.81. The minimum Gasteiger partial charge on any atom is -0.480 e. The number of ether oxygens (including phenoxy) is 1. The van der Waals surface area contributed by atoms with Crippen molar-refractivity contribution < 1.29 is 24.2 Å². The molecule has 0 saturated carbocycles. The Morgan fingerprint density at radius 3 is 2.67 bits per heavy atom. The number of aromatic nitrogens is 1. The first-order valence-electron chi connectivity index (χ1n) is 6.56. The molecular weight excluding hydrogens is 276 g/mol. The maximum atomic E-state index is 11.9. The van der Waals surface area contributed by atoms with Crippen LogP contribution in [0.1, 0.15) is 30.6 Å². The normalized spacial score (nSPS) is 13.0. The molecule has 0 spiro atoms. The van der Waals surface area contributed by atoms with Gasteiger partial charge in [-0.3, -0.25) is 14.6 Å². The summed E-state index contributed by atoms with van der Waals surface area (Å²) in [5, 5.41) is 11.5. The van der Waals surface area contributed by atoms with E-state index in [0.29, 0.717) is 0 Å². The van der Waals surface area contributed by atoms with Gasteiger partial charge in [0, 0.05) is 12.4 Å². The third kappa shape index (κ3) is 5.21. The molecule has 0 aliphatic rings. The van der Waals surface area contributed by atoms with Crippen LogP contribution in [0.5, 0.6) is 0 Å². The topological polar surface area (TPSA) is 106 Å². The van der Waals surface area contributed by atoms with Gasteiger partial charge in [0.25, 0.3) is 5.91 Å². The summed E-state index contributed by atoms with van der Waals surface area (Å²) in [6, 6.07) is 1.93. The molecule has 0 unspecified atom stereocenters. The molecular formula is C14H18N2O5. The van der Waals surface area contributed by atoms with E-state index in [4.69, 9.17) is 9.84 Å². The monoisotopic (exact) mass is 294 g/mol. The van der Waals surface area contributed by atoms with Crippen molar-refractivity contribution in [1.29, 1.82) is 0 Å². The summed E-state index contributed by atoms with van der Waals surface area (Å²) in [7, 11) is 0. The quantitative estimate of drug-likeness (QED) is 0.722. The molecule has 1 amide bonds. The number of aliphatic carboxylic acids is 1. The maximum Gasteiger partial charge on any atom is 0.326 e. The summed E-state index contributed by atoms with van der Waals surface area (Å²) in [6.45, 7) is 3.45. The van der Waals surface area contributed by atoms with Crippen LogP contribution in [-0.4, -0.2) is 40.6 Å². The summed E-state index contributed by atoms with van der Waals surface area (Å²) in [5.74, 6) is -2.87. The zero-order valence-electron chi connectivity index (χ0n) is 11.9. The van der Waals surface area contributed by atoms with Gasteiger partial charge in [0.1, 0.15) is 6.04 Å². The highest BCUT2D eigenvalue weighted by Crippen LogP contribution is 2.10. The van der Waals surface area contributed by atoms with Gasteiger partial charge in [0.05, 0.1) is 18.1 Å². The predicted octanol–water partition coefficient (Wildman–Crippen LogP) is 0.854. The van der Waals surface area contributed by atoms with Crippen LogP contribution in [0.4, 0.5) is 0 Å². The molecule has 1 heterocycles. The molecule has 0 aromatic carbocycles. The SMILES string of the molecule is CCOC(=O)[C@@H](C)C[C@H](NC(=O)c1cccnc1)C(=O)O. The Labute approximate surface area is 122 Å². The number of carbonyl (C=O) groups excluding carboxylic acids is 2.